The predicted octanol–water partition coefficient (Wildman–Crippen LogP) is 2.48. The van der Waals surface area contributed by atoms with Crippen LogP contribution < -0.4 is 17.2 Å². The molecule has 0 atom stereocenters. The highest BCUT2D eigenvalue weighted by molar-refractivity contribution is 5.75. The minimum Gasteiger partial charge on any atom is -0.372 e. The van der Waals surface area contributed by atoms with E-state index in [1.807, 2.05) is 6.07 Å². The van der Waals surface area contributed by atoms with Crippen LogP contribution >= 0.6 is 0 Å². The van der Waals surface area contributed by atoms with E-state index < -0.39 is 0 Å². The van der Waals surface area contributed by atoms with Crippen LogP contribution in [0.4, 0.5) is 5.69 Å². The van der Waals surface area contributed by atoms with Gasteiger partial charge in [0, 0.05) is 27.2 Å². The van der Waals surface area contributed by atoms with E-state index in [2.05, 4.69) is 43.0 Å². The number of nitrogens with zero attached hydrogens (tertiary/aromatic N) is 1. The molecule has 0 fully saturated rings. The van der Waals surface area contributed by atoms with E-state index in [9.17, 15) is 0 Å². The molecule has 0 aliphatic heterocycles. The Morgan fingerprint density at radius 3 is 1.71 bits per heavy atom. The predicted molar refractivity (Wildman–Crippen MR) is 65.8 cm³/mol. The fourth-order valence-corrected chi connectivity index (χ4v) is 1.23. The maximum absolute atomic E-state index is 2.33. The van der Waals surface area contributed by atoms with Crippen molar-refractivity contribution in [1.82, 2.24) is 12.3 Å². The SMILES string of the molecule is CCN(CC)c1ccccc1.N.N.[B]. The zero-order valence-electron chi connectivity index (χ0n) is 9.24. The highest BCUT2D eigenvalue weighted by Gasteiger charge is 1.97. The third kappa shape index (κ3) is 4.89. The van der Waals surface area contributed by atoms with Gasteiger partial charge in [0.25, 0.3) is 0 Å². The van der Waals surface area contributed by atoms with Gasteiger partial charge < -0.3 is 17.2 Å². The van der Waals surface area contributed by atoms with Crippen LogP contribution in [0.15, 0.2) is 30.3 Å². The average molecular weight is 194 g/mol. The van der Waals surface area contributed by atoms with Crippen molar-refractivity contribution in [3.05, 3.63) is 30.3 Å². The molecule has 4 heteroatoms. The third-order valence-corrected chi connectivity index (χ3v) is 1.88. The Labute approximate surface area is 89.2 Å². The molecule has 79 valence electrons. The van der Waals surface area contributed by atoms with Gasteiger partial charge in [0.2, 0.25) is 0 Å². The lowest BCUT2D eigenvalue weighted by atomic mass is 10.3. The molecule has 0 bridgehead atoms. The lowest BCUT2D eigenvalue weighted by Crippen LogP contribution is -2.21. The summed E-state index contributed by atoms with van der Waals surface area (Å²) in [5, 5.41) is 0. The molecule has 6 N–H and O–H groups in total. The first kappa shape index (κ1) is 18.7. The molecule has 0 aliphatic carbocycles. The Kier molecular flexibility index (Phi) is 13.5. The summed E-state index contributed by atoms with van der Waals surface area (Å²) in [6.45, 7) is 6.52. The van der Waals surface area contributed by atoms with Crippen molar-refractivity contribution in [2.24, 2.45) is 0 Å². The molecular formula is C10H21BN3. The summed E-state index contributed by atoms with van der Waals surface area (Å²) < 4.78 is 0. The molecule has 14 heavy (non-hydrogen) atoms. The van der Waals surface area contributed by atoms with Gasteiger partial charge in [-0.2, -0.15) is 0 Å². The van der Waals surface area contributed by atoms with Gasteiger partial charge in [0.05, 0.1) is 0 Å². The van der Waals surface area contributed by atoms with E-state index in [4.69, 9.17) is 0 Å². The summed E-state index contributed by atoms with van der Waals surface area (Å²) >= 11 is 0. The van der Waals surface area contributed by atoms with E-state index in [1.54, 1.807) is 0 Å². The van der Waals surface area contributed by atoms with Crippen molar-refractivity contribution in [1.29, 1.82) is 0 Å². The Bertz CT molecular complexity index is 200. The minimum atomic E-state index is 0. The molecule has 1 rings (SSSR count). The van der Waals surface area contributed by atoms with Crippen LogP contribution in [0.25, 0.3) is 0 Å². The highest BCUT2D eigenvalue weighted by atomic mass is 15.1. The van der Waals surface area contributed by atoms with Crippen molar-refractivity contribution in [2.45, 2.75) is 13.8 Å². The molecule has 0 unspecified atom stereocenters. The monoisotopic (exact) mass is 194 g/mol. The average Bonchev–Trinajstić information content (AvgIpc) is 2.09. The summed E-state index contributed by atoms with van der Waals surface area (Å²) in [5.74, 6) is 0. The van der Waals surface area contributed by atoms with Crippen LogP contribution in [-0.2, 0) is 0 Å². The summed E-state index contributed by atoms with van der Waals surface area (Å²) in [4.78, 5) is 2.33. The zero-order valence-corrected chi connectivity index (χ0v) is 9.24. The van der Waals surface area contributed by atoms with Crippen LogP contribution in [-0.4, -0.2) is 21.5 Å². The number of anilines is 1. The first-order valence-electron chi connectivity index (χ1n) is 4.18. The standard InChI is InChI=1S/C10H15N.B.2H3N/c1-3-11(4-2)10-8-6-5-7-9-10;;;/h5-9H,3-4H2,1-2H3;;2*1H3. The number of hydrogen-bond acceptors (Lipinski definition) is 3. The van der Waals surface area contributed by atoms with Gasteiger partial charge in [0.15, 0.2) is 0 Å². The van der Waals surface area contributed by atoms with Gasteiger partial charge in [-0.1, -0.05) is 18.2 Å². The van der Waals surface area contributed by atoms with Crippen LogP contribution in [0, 0.1) is 0 Å². The number of rotatable bonds is 3. The molecule has 0 amide bonds. The number of benzene rings is 1. The second-order valence-electron chi connectivity index (χ2n) is 2.51. The van der Waals surface area contributed by atoms with Gasteiger partial charge in [-0.3, -0.25) is 0 Å². The van der Waals surface area contributed by atoms with Gasteiger partial charge in [-0.25, -0.2) is 0 Å². The molecule has 0 saturated carbocycles. The normalized spacial score (nSPS) is 7.57. The molecule has 0 saturated heterocycles. The summed E-state index contributed by atoms with van der Waals surface area (Å²) in [7, 11) is 0. The highest BCUT2D eigenvalue weighted by Crippen LogP contribution is 2.11. The molecular weight excluding hydrogens is 173 g/mol. The van der Waals surface area contributed by atoms with Crippen molar-refractivity contribution in [2.75, 3.05) is 18.0 Å². The first-order valence-corrected chi connectivity index (χ1v) is 4.18. The Morgan fingerprint density at radius 1 is 0.929 bits per heavy atom. The van der Waals surface area contributed by atoms with Crippen LogP contribution in [0.3, 0.4) is 0 Å². The molecule has 0 spiro atoms. The fourth-order valence-electron chi connectivity index (χ4n) is 1.23. The van der Waals surface area contributed by atoms with Crippen LogP contribution in [0.1, 0.15) is 13.8 Å². The fraction of sp³-hybridized carbons (Fsp3) is 0.400. The van der Waals surface area contributed by atoms with Crippen molar-refractivity contribution in [3.63, 3.8) is 0 Å². The summed E-state index contributed by atoms with van der Waals surface area (Å²) in [6.07, 6.45) is 0. The zero-order chi connectivity index (χ0) is 8.10. The molecule has 3 nitrogen and oxygen atoms in total. The molecule has 1 aromatic rings. The molecule has 1 aromatic carbocycles. The van der Waals surface area contributed by atoms with Crippen molar-refractivity contribution in [3.8, 4) is 0 Å². The van der Waals surface area contributed by atoms with E-state index in [0.29, 0.717) is 0 Å². The topological polar surface area (TPSA) is 73.2 Å². The Balaban J connectivity index is -0.000000403. The Hall–Kier alpha value is -0.995. The van der Waals surface area contributed by atoms with Crippen LogP contribution in [0.2, 0.25) is 0 Å². The van der Waals surface area contributed by atoms with Gasteiger partial charge in [0.1, 0.15) is 0 Å². The number of para-hydroxylation sites is 1. The van der Waals surface area contributed by atoms with Crippen molar-refractivity contribution < 1.29 is 0 Å². The summed E-state index contributed by atoms with van der Waals surface area (Å²) in [5.41, 5.74) is 1.32. The van der Waals surface area contributed by atoms with E-state index in [-0.39, 0.29) is 20.7 Å². The van der Waals surface area contributed by atoms with E-state index >= 15 is 0 Å². The first-order chi connectivity index (χ1) is 5.38. The lowest BCUT2D eigenvalue weighted by molar-refractivity contribution is 0.866. The number of hydrogen-bond donors (Lipinski definition) is 2. The van der Waals surface area contributed by atoms with Gasteiger partial charge >= 0.3 is 0 Å². The Morgan fingerprint density at radius 2 is 1.36 bits per heavy atom. The maximum atomic E-state index is 2.33. The molecule has 0 aromatic heterocycles. The second-order valence-corrected chi connectivity index (χ2v) is 2.51. The summed E-state index contributed by atoms with van der Waals surface area (Å²) in [6, 6.07) is 10.5. The van der Waals surface area contributed by atoms with Crippen LogP contribution in [0.5, 0.6) is 0 Å². The van der Waals surface area contributed by atoms with Gasteiger partial charge in [-0.05, 0) is 26.0 Å². The second kappa shape index (κ2) is 10.1. The maximum Gasteiger partial charge on any atom is 0.0365 e. The van der Waals surface area contributed by atoms with Crippen molar-refractivity contribution >= 4 is 14.1 Å². The largest absolute Gasteiger partial charge is 0.372 e. The molecule has 0 aliphatic rings. The van der Waals surface area contributed by atoms with Gasteiger partial charge in [-0.15, -0.1) is 0 Å². The molecule has 0 heterocycles. The quantitative estimate of drug-likeness (QED) is 0.726. The molecule has 3 radical (unpaired) electrons. The van der Waals surface area contributed by atoms with E-state index in [0.717, 1.165) is 13.1 Å². The lowest BCUT2D eigenvalue weighted by Gasteiger charge is -2.20. The third-order valence-electron chi connectivity index (χ3n) is 1.88. The van der Waals surface area contributed by atoms with E-state index in [1.165, 1.54) is 5.69 Å². The smallest absolute Gasteiger partial charge is 0.0365 e. The minimum absolute atomic E-state index is 0.